The number of esters is 1. The lowest BCUT2D eigenvalue weighted by Gasteiger charge is -2.08. The number of nitrogens with zero attached hydrogens (tertiary/aromatic N) is 2. The number of hydrogen-bond donors (Lipinski definition) is 2. The smallest absolute Gasteiger partial charge is 0.416 e. The summed E-state index contributed by atoms with van der Waals surface area (Å²) in [7, 11) is 0. The second-order valence-corrected chi connectivity index (χ2v) is 5.67. The molecule has 0 aliphatic heterocycles. The van der Waals surface area contributed by atoms with E-state index >= 15 is 0 Å². The van der Waals surface area contributed by atoms with E-state index in [1.165, 1.54) is 12.1 Å². The maximum atomic E-state index is 12.7. The summed E-state index contributed by atoms with van der Waals surface area (Å²) in [5.41, 5.74) is -1.28. The molecule has 0 saturated carbocycles. The predicted octanol–water partition coefficient (Wildman–Crippen LogP) is 2.90. The summed E-state index contributed by atoms with van der Waals surface area (Å²) in [6, 6.07) is 4.29. The highest BCUT2D eigenvalue weighted by Crippen LogP contribution is 2.33. The number of carbonyl (C=O) groups excluding carboxylic acids is 1. The normalized spacial score (nSPS) is 11.7. The molecule has 2 N–H and O–H groups in total. The number of halogens is 3. The van der Waals surface area contributed by atoms with Crippen LogP contribution in [0.3, 0.4) is 0 Å². The number of benzene rings is 1. The Morgan fingerprint density at radius 1 is 1.30 bits per heavy atom. The molecule has 3 rings (SSSR count). The Balaban J connectivity index is 2.20. The van der Waals surface area contributed by atoms with Crippen molar-refractivity contribution in [2.45, 2.75) is 20.0 Å². The van der Waals surface area contributed by atoms with Gasteiger partial charge in [-0.2, -0.15) is 22.8 Å². The lowest BCUT2D eigenvalue weighted by Crippen LogP contribution is -2.25. The first-order chi connectivity index (χ1) is 12.6. The minimum Gasteiger partial charge on any atom is -0.494 e. The number of hydrogen-bond acceptors (Lipinski definition) is 5. The highest BCUT2D eigenvalue weighted by molar-refractivity contribution is 5.92. The molecule has 0 aliphatic rings. The molecule has 0 aliphatic carbocycles. The summed E-state index contributed by atoms with van der Waals surface area (Å²) in [6.07, 6.45) is -4.48. The summed E-state index contributed by atoms with van der Waals surface area (Å²) in [5, 5.41) is 14.1. The molecule has 0 fully saturated rings. The van der Waals surface area contributed by atoms with Crippen molar-refractivity contribution in [1.82, 2.24) is 14.6 Å². The van der Waals surface area contributed by atoms with Crippen LogP contribution in [0.5, 0.6) is 5.88 Å². The van der Waals surface area contributed by atoms with E-state index < -0.39 is 34.7 Å². The Hall–Kier alpha value is -3.30. The van der Waals surface area contributed by atoms with E-state index in [2.05, 4.69) is 10.1 Å². The maximum absolute atomic E-state index is 12.7. The molecule has 0 unspecified atom stereocenters. The van der Waals surface area contributed by atoms with E-state index in [0.717, 1.165) is 16.6 Å². The van der Waals surface area contributed by atoms with Crippen LogP contribution in [0.2, 0.25) is 0 Å². The molecule has 0 amide bonds. The van der Waals surface area contributed by atoms with Crippen LogP contribution < -0.4 is 5.56 Å². The molecule has 0 atom stereocenters. The van der Waals surface area contributed by atoms with Gasteiger partial charge in [-0.25, -0.2) is 4.79 Å². The number of aromatic amines is 1. The molecular formula is C17H14F3N3O4. The first kappa shape index (κ1) is 18.5. The lowest BCUT2D eigenvalue weighted by atomic mass is 10.0. The molecule has 27 heavy (non-hydrogen) atoms. The number of nitrogens with one attached hydrogen (secondary N) is 1. The molecule has 0 spiro atoms. The summed E-state index contributed by atoms with van der Waals surface area (Å²) in [6.45, 7) is 3.10. The highest BCUT2D eigenvalue weighted by Gasteiger charge is 2.30. The Labute approximate surface area is 150 Å². The average Bonchev–Trinajstić information content (AvgIpc) is 2.91. The topological polar surface area (TPSA) is 96.7 Å². The van der Waals surface area contributed by atoms with Crippen molar-refractivity contribution in [3.8, 4) is 17.0 Å². The summed E-state index contributed by atoms with van der Waals surface area (Å²) in [4.78, 5) is 26.9. The van der Waals surface area contributed by atoms with Gasteiger partial charge in [0.15, 0.2) is 5.56 Å². The Morgan fingerprint density at radius 3 is 2.48 bits per heavy atom. The van der Waals surface area contributed by atoms with Crippen molar-refractivity contribution in [1.29, 1.82) is 0 Å². The Bertz CT molecular complexity index is 1080. The number of H-pyrrole nitrogens is 1. The van der Waals surface area contributed by atoms with Gasteiger partial charge in [0.05, 0.1) is 17.9 Å². The molecule has 0 radical (unpaired) electrons. The fraction of sp³-hybridized carbons (Fsp3) is 0.235. The lowest BCUT2D eigenvalue weighted by molar-refractivity contribution is -0.137. The third-order valence-electron chi connectivity index (χ3n) is 3.92. The SMILES string of the molecule is CCOC(=O)c1c(O)[nH]c2c(-c3ccc(C(F)(F)F)cc3)c(C)nn2c1=O. The molecule has 0 bridgehead atoms. The molecule has 2 heterocycles. The number of aryl methyl sites for hydroxylation is 1. The zero-order valence-corrected chi connectivity index (χ0v) is 14.2. The van der Waals surface area contributed by atoms with Crippen LogP contribution in [0.15, 0.2) is 29.1 Å². The number of carbonyl (C=O) groups is 1. The van der Waals surface area contributed by atoms with Gasteiger partial charge in [0, 0.05) is 5.56 Å². The third-order valence-corrected chi connectivity index (χ3v) is 3.92. The average molecular weight is 381 g/mol. The van der Waals surface area contributed by atoms with Crippen LogP contribution in [0.25, 0.3) is 16.8 Å². The van der Waals surface area contributed by atoms with Gasteiger partial charge in [-0.15, -0.1) is 0 Å². The minimum atomic E-state index is -4.48. The largest absolute Gasteiger partial charge is 0.494 e. The number of alkyl halides is 3. The third kappa shape index (κ3) is 3.14. The van der Waals surface area contributed by atoms with Crippen molar-refractivity contribution in [3.05, 3.63) is 51.4 Å². The van der Waals surface area contributed by atoms with Gasteiger partial charge in [0.25, 0.3) is 5.56 Å². The predicted molar refractivity (Wildman–Crippen MR) is 88.6 cm³/mol. The second-order valence-electron chi connectivity index (χ2n) is 5.67. The summed E-state index contributed by atoms with van der Waals surface area (Å²) >= 11 is 0. The molecular weight excluding hydrogens is 367 g/mol. The van der Waals surface area contributed by atoms with Crippen molar-refractivity contribution >= 4 is 11.6 Å². The zero-order valence-electron chi connectivity index (χ0n) is 14.2. The van der Waals surface area contributed by atoms with E-state index in [0.29, 0.717) is 16.8 Å². The molecule has 2 aromatic heterocycles. The maximum Gasteiger partial charge on any atom is 0.416 e. The van der Waals surface area contributed by atoms with Crippen molar-refractivity contribution < 1.29 is 27.8 Å². The van der Waals surface area contributed by atoms with Gasteiger partial charge in [0.2, 0.25) is 5.88 Å². The van der Waals surface area contributed by atoms with E-state index in [4.69, 9.17) is 4.74 Å². The Morgan fingerprint density at radius 2 is 1.93 bits per heavy atom. The van der Waals surface area contributed by atoms with Gasteiger partial charge in [-0.05, 0) is 31.5 Å². The van der Waals surface area contributed by atoms with Crippen LogP contribution >= 0.6 is 0 Å². The minimum absolute atomic E-state index is 0.00465. The van der Waals surface area contributed by atoms with E-state index in [9.17, 15) is 27.9 Å². The van der Waals surface area contributed by atoms with Crippen LogP contribution in [0.4, 0.5) is 13.2 Å². The Kier molecular flexibility index (Phi) is 4.42. The quantitative estimate of drug-likeness (QED) is 0.680. The number of aromatic hydroxyl groups is 1. The molecule has 10 heteroatoms. The standard InChI is InChI=1S/C17H14F3N3O4/c1-3-27-16(26)12-14(24)21-13-11(8(2)22-23(13)15(12)25)9-4-6-10(7-5-9)17(18,19)20/h4-7,21,24H,3H2,1-2H3. The van der Waals surface area contributed by atoms with Crippen molar-refractivity contribution in [2.75, 3.05) is 6.61 Å². The van der Waals surface area contributed by atoms with Gasteiger partial charge < -0.3 is 14.8 Å². The molecule has 0 saturated heterocycles. The van der Waals surface area contributed by atoms with Gasteiger partial charge in [-0.1, -0.05) is 12.1 Å². The molecule has 142 valence electrons. The number of aromatic nitrogens is 3. The van der Waals surface area contributed by atoms with Crippen LogP contribution in [-0.2, 0) is 10.9 Å². The molecule has 1 aromatic carbocycles. The fourth-order valence-corrected chi connectivity index (χ4v) is 2.73. The fourth-order valence-electron chi connectivity index (χ4n) is 2.73. The van der Waals surface area contributed by atoms with Crippen LogP contribution in [-0.4, -0.2) is 32.3 Å². The van der Waals surface area contributed by atoms with Gasteiger partial charge in [-0.3, -0.25) is 4.79 Å². The first-order valence-electron chi connectivity index (χ1n) is 7.84. The van der Waals surface area contributed by atoms with E-state index in [1.54, 1.807) is 13.8 Å². The van der Waals surface area contributed by atoms with E-state index in [1.807, 2.05) is 0 Å². The number of ether oxygens (including phenoxy) is 1. The number of rotatable bonds is 3. The summed E-state index contributed by atoms with van der Waals surface area (Å²) < 4.78 is 43.8. The number of fused-ring (bicyclic) bond motifs is 1. The monoisotopic (exact) mass is 381 g/mol. The summed E-state index contributed by atoms with van der Waals surface area (Å²) in [5.74, 6) is -1.72. The van der Waals surface area contributed by atoms with Crippen molar-refractivity contribution in [2.24, 2.45) is 0 Å². The van der Waals surface area contributed by atoms with Crippen molar-refractivity contribution in [3.63, 3.8) is 0 Å². The first-order valence-corrected chi connectivity index (χ1v) is 7.84. The second kappa shape index (κ2) is 6.45. The van der Waals surface area contributed by atoms with Crippen LogP contribution in [0, 0.1) is 6.92 Å². The van der Waals surface area contributed by atoms with Gasteiger partial charge >= 0.3 is 12.1 Å². The zero-order chi connectivity index (χ0) is 19.9. The van der Waals surface area contributed by atoms with Crippen LogP contribution in [0.1, 0.15) is 28.5 Å². The molecule has 3 aromatic rings. The van der Waals surface area contributed by atoms with Gasteiger partial charge in [0.1, 0.15) is 5.65 Å². The highest BCUT2D eigenvalue weighted by atomic mass is 19.4. The van der Waals surface area contributed by atoms with E-state index in [-0.39, 0.29) is 12.3 Å². The molecule has 7 nitrogen and oxygen atoms in total.